The number of carbonyl (C=O) groups is 1. The Morgan fingerprint density at radius 3 is 2.93 bits per heavy atom. The van der Waals surface area contributed by atoms with Crippen molar-refractivity contribution < 1.29 is 4.79 Å². The predicted octanol–water partition coefficient (Wildman–Crippen LogP) is 0.963. The minimum absolute atomic E-state index is 0.00801. The summed E-state index contributed by atoms with van der Waals surface area (Å²) in [5, 5.41) is 10.7. The number of anilines is 1. The lowest BCUT2D eigenvalue weighted by Gasteiger charge is -2.25. The molecule has 6 heteroatoms. The Morgan fingerprint density at radius 2 is 2.27 bits per heavy atom. The molecule has 1 saturated heterocycles. The minimum Gasteiger partial charge on any atom is -0.299 e. The Kier molecular flexibility index (Phi) is 3.63. The third-order valence-electron chi connectivity index (χ3n) is 2.42. The maximum Gasteiger partial charge on any atom is 0.240 e. The molecule has 1 N–H and O–H groups in total. The van der Waals surface area contributed by atoms with Crippen molar-refractivity contribution in [2.24, 2.45) is 0 Å². The lowest BCUT2D eigenvalue weighted by atomic mass is 10.1. The molecule has 0 aliphatic carbocycles. The first-order valence-electron chi connectivity index (χ1n) is 5.13. The Labute approximate surface area is 92.5 Å². The van der Waals surface area contributed by atoms with Gasteiger partial charge in [0.15, 0.2) is 0 Å². The maximum absolute atomic E-state index is 11.6. The van der Waals surface area contributed by atoms with E-state index in [0.29, 0.717) is 11.7 Å². The Balaban J connectivity index is 1.76. The van der Waals surface area contributed by atoms with E-state index in [1.54, 1.807) is 5.51 Å². The number of hydrogen-bond acceptors (Lipinski definition) is 5. The van der Waals surface area contributed by atoms with Crippen LogP contribution in [0.4, 0.5) is 5.13 Å². The van der Waals surface area contributed by atoms with Crippen molar-refractivity contribution in [1.82, 2.24) is 15.1 Å². The van der Waals surface area contributed by atoms with Crippen LogP contribution in [-0.4, -0.2) is 40.6 Å². The number of amides is 1. The summed E-state index contributed by atoms with van der Waals surface area (Å²) in [6.07, 6.45) is 3.69. The maximum atomic E-state index is 11.6. The molecule has 1 aliphatic heterocycles. The van der Waals surface area contributed by atoms with E-state index in [0.717, 1.165) is 13.1 Å². The zero-order valence-corrected chi connectivity index (χ0v) is 9.29. The molecule has 0 saturated carbocycles. The second kappa shape index (κ2) is 5.18. The first-order chi connectivity index (χ1) is 7.34. The van der Waals surface area contributed by atoms with Crippen molar-refractivity contribution in [3.63, 3.8) is 0 Å². The van der Waals surface area contributed by atoms with E-state index in [1.807, 2.05) is 0 Å². The molecule has 1 aromatic heterocycles. The summed E-state index contributed by atoms with van der Waals surface area (Å²) in [6.45, 7) is 2.53. The number of likely N-dealkylation sites (tertiary alicyclic amines) is 1. The highest BCUT2D eigenvalue weighted by Gasteiger charge is 2.14. The van der Waals surface area contributed by atoms with E-state index in [2.05, 4.69) is 20.4 Å². The number of aromatic nitrogens is 2. The molecule has 0 unspecified atom stereocenters. The van der Waals surface area contributed by atoms with Crippen LogP contribution in [-0.2, 0) is 4.79 Å². The van der Waals surface area contributed by atoms with Crippen LogP contribution in [0.25, 0.3) is 0 Å². The SMILES string of the molecule is O=C(CN1CCCCC1)Nc1nncs1. The Hall–Kier alpha value is -1.01. The number of nitrogens with one attached hydrogen (secondary N) is 1. The molecule has 82 valence electrons. The van der Waals surface area contributed by atoms with Crippen molar-refractivity contribution in [3.8, 4) is 0 Å². The molecule has 5 nitrogen and oxygen atoms in total. The third kappa shape index (κ3) is 3.24. The summed E-state index contributed by atoms with van der Waals surface area (Å²) < 4.78 is 0. The van der Waals surface area contributed by atoms with Gasteiger partial charge in [-0.15, -0.1) is 10.2 Å². The van der Waals surface area contributed by atoms with Crippen LogP contribution >= 0.6 is 11.3 Å². The highest BCUT2D eigenvalue weighted by Crippen LogP contribution is 2.10. The van der Waals surface area contributed by atoms with Gasteiger partial charge in [0.2, 0.25) is 11.0 Å². The van der Waals surface area contributed by atoms with Crippen LogP contribution in [0, 0.1) is 0 Å². The quantitative estimate of drug-likeness (QED) is 0.834. The number of nitrogens with zero attached hydrogens (tertiary/aromatic N) is 3. The molecular weight excluding hydrogens is 212 g/mol. The monoisotopic (exact) mass is 226 g/mol. The van der Waals surface area contributed by atoms with E-state index in [4.69, 9.17) is 0 Å². The standard InChI is InChI=1S/C9H14N4OS/c14-8(11-9-12-10-7-15-9)6-13-4-2-1-3-5-13/h7H,1-6H2,(H,11,12,14). The van der Waals surface area contributed by atoms with E-state index >= 15 is 0 Å². The van der Waals surface area contributed by atoms with Gasteiger partial charge in [0, 0.05) is 0 Å². The largest absolute Gasteiger partial charge is 0.299 e. The fraction of sp³-hybridized carbons (Fsp3) is 0.667. The molecule has 0 radical (unpaired) electrons. The highest BCUT2D eigenvalue weighted by atomic mass is 32.1. The molecule has 0 bridgehead atoms. The predicted molar refractivity (Wildman–Crippen MR) is 58.8 cm³/mol. The molecule has 1 aromatic rings. The molecule has 0 atom stereocenters. The zero-order valence-electron chi connectivity index (χ0n) is 8.48. The Morgan fingerprint density at radius 1 is 1.47 bits per heavy atom. The number of rotatable bonds is 3. The lowest BCUT2D eigenvalue weighted by molar-refractivity contribution is -0.117. The fourth-order valence-corrected chi connectivity index (χ4v) is 2.17. The van der Waals surface area contributed by atoms with Crippen LogP contribution in [0.15, 0.2) is 5.51 Å². The third-order valence-corrected chi connectivity index (χ3v) is 3.03. The highest BCUT2D eigenvalue weighted by molar-refractivity contribution is 7.13. The number of hydrogen-bond donors (Lipinski definition) is 1. The van der Waals surface area contributed by atoms with E-state index in [-0.39, 0.29) is 5.91 Å². The summed E-state index contributed by atoms with van der Waals surface area (Å²) >= 11 is 1.34. The first-order valence-corrected chi connectivity index (χ1v) is 6.01. The lowest BCUT2D eigenvalue weighted by Crippen LogP contribution is -2.36. The smallest absolute Gasteiger partial charge is 0.240 e. The van der Waals surface area contributed by atoms with Gasteiger partial charge < -0.3 is 0 Å². The first kappa shape index (κ1) is 10.5. The molecule has 2 heterocycles. The minimum atomic E-state index is 0.00801. The molecule has 0 aromatic carbocycles. The van der Waals surface area contributed by atoms with Gasteiger partial charge in [0.1, 0.15) is 5.51 Å². The van der Waals surface area contributed by atoms with E-state index in [1.165, 1.54) is 30.6 Å². The van der Waals surface area contributed by atoms with Gasteiger partial charge >= 0.3 is 0 Å². The van der Waals surface area contributed by atoms with Crippen molar-refractivity contribution >= 4 is 22.4 Å². The fourth-order valence-electron chi connectivity index (χ4n) is 1.71. The van der Waals surface area contributed by atoms with Gasteiger partial charge in [-0.2, -0.15) is 0 Å². The zero-order chi connectivity index (χ0) is 10.5. The molecule has 1 fully saturated rings. The summed E-state index contributed by atoms with van der Waals surface area (Å²) in [5.74, 6) is 0.00801. The van der Waals surface area contributed by atoms with Crippen molar-refractivity contribution in [2.75, 3.05) is 25.0 Å². The number of piperidine rings is 1. The van der Waals surface area contributed by atoms with Gasteiger partial charge in [0.25, 0.3) is 0 Å². The van der Waals surface area contributed by atoms with Crippen molar-refractivity contribution in [2.45, 2.75) is 19.3 Å². The van der Waals surface area contributed by atoms with Gasteiger partial charge in [-0.1, -0.05) is 17.8 Å². The second-order valence-corrected chi connectivity index (χ2v) is 4.46. The van der Waals surface area contributed by atoms with Crippen LogP contribution in [0.1, 0.15) is 19.3 Å². The van der Waals surface area contributed by atoms with Crippen LogP contribution in [0.5, 0.6) is 0 Å². The molecule has 1 amide bonds. The Bertz CT molecular complexity index is 308. The van der Waals surface area contributed by atoms with Crippen molar-refractivity contribution in [1.29, 1.82) is 0 Å². The molecule has 2 rings (SSSR count). The second-order valence-electron chi connectivity index (χ2n) is 3.63. The van der Waals surface area contributed by atoms with E-state index in [9.17, 15) is 4.79 Å². The van der Waals surface area contributed by atoms with Crippen LogP contribution in [0.3, 0.4) is 0 Å². The van der Waals surface area contributed by atoms with E-state index < -0.39 is 0 Å². The van der Waals surface area contributed by atoms with Crippen LogP contribution in [0.2, 0.25) is 0 Å². The van der Waals surface area contributed by atoms with Gasteiger partial charge in [0.05, 0.1) is 6.54 Å². The summed E-state index contributed by atoms with van der Waals surface area (Å²) in [5.41, 5.74) is 1.61. The molecule has 15 heavy (non-hydrogen) atoms. The summed E-state index contributed by atoms with van der Waals surface area (Å²) in [4.78, 5) is 13.7. The average Bonchev–Trinajstić information content (AvgIpc) is 2.71. The van der Waals surface area contributed by atoms with Crippen molar-refractivity contribution in [3.05, 3.63) is 5.51 Å². The number of carbonyl (C=O) groups excluding carboxylic acids is 1. The topological polar surface area (TPSA) is 58.1 Å². The summed E-state index contributed by atoms with van der Waals surface area (Å²) in [6, 6.07) is 0. The van der Waals surface area contributed by atoms with Gasteiger partial charge in [-0.05, 0) is 25.9 Å². The molecule has 0 spiro atoms. The van der Waals surface area contributed by atoms with Gasteiger partial charge in [-0.25, -0.2) is 0 Å². The normalized spacial score (nSPS) is 17.6. The average molecular weight is 226 g/mol. The van der Waals surface area contributed by atoms with Gasteiger partial charge in [-0.3, -0.25) is 15.0 Å². The van der Waals surface area contributed by atoms with Crippen LogP contribution < -0.4 is 5.32 Å². The molecule has 1 aliphatic rings. The molecular formula is C9H14N4OS. The summed E-state index contributed by atoms with van der Waals surface area (Å²) in [7, 11) is 0.